The first kappa shape index (κ1) is 18.6. The average Bonchev–Trinajstić information content (AvgIpc) is 3.40. The molecule has 8 nitrogen and oxygen atoms in total. The number of hydrogen-bond acceptors (Lipinski definition) is 8. The number of anilines is 1. The van der Waals surface area contributed by atoms with Crippen molar-refractivity contribution in [3.05, 3.63) is 59.8 Å². The third-order valence-electron chi connectivity index (χ3n) is 4.03. The van der Waals surface area contributed by atoms with E-state index in [0.29, 0.717) is 27.7 Å². The summed E-state index contributed by atoms with van der Waals surface area (Å²) in [6, 6.07) is 12.2. The minimum Gasteiger partial charge on any atom is -0.496 e. The van der Waals surface area contributed by atoms with E-state index in [2.05, 4.69) is 15.3 Å². The number of hydrogen-bond donors (Lipinski definition) is 1. The van der Waals surface area contributed by atoms with Crippen molar-refractivity contribution in [2.24, 2.45) is 0 Å². The number of carbonyl (C=O) groups excluding carboxylic acids is 2. The Morgan fingerprint density at radius 1 is 1.21 bits per heavy atom. The molecule has 4 rings (SSSR count). The second-order valence-corrected chi connectivity index (χ2v) is 6.76. The van der Waals surface area contributed by atoms with E-state index in [1.807, 2.05) is 29.6 Å². The first-order chi connectivity index (χ1) is 14.1. The van der Waals surface area contributed by atoms with E-state index in [0.717, 1.165) is 5.56 Å². The maximum absolute atomic E-state index is 12.1. The van der Waals surface area contributed by atoms with Crippen molar-refractivity contribution in [3.8, 4) is 17.0 Å². The van der Waals surface area contributed by atoms with Gasteiger partial charge >= 0.3 is 5.97 Å². The molecule has 0 radical (unpaired) electrons. The SMILES string of the molecule is COc1ccccc1-c1csc(NC(=O)COC(=O)c2ccc3ocnc3c2)n1. The van der Waals surface area contributed by atoms with Crippen LogP contribution in [-0.2, 0) is 9.53 Å². The van der Waals surface area contributed by atoms with Gasteiger partial charge in [-0.1, -0.05) is 12.1 Å². The smallest absolute Gasteiger partial charge is 0.338 e. The molecule has 0 aliphatic carbocycles. The van der Waals surface area contributed by atoms with Gasteiger partial charge in [-0.15, -0.1) is 11.3 Å². The number of thiazole rings is 1. The molecule has 2 heterocycles. The number of carbonyl (C=O) groups is 2. The van der Waals surface area contributed by atoms with Gasteiger partial charge in [0, 0.05) is 10.9 Å². The number of rotatable bonds is 6. The molecule has 0 saturated heterocycles. The van der Waals surface area contributed by atoms with Crippen LogP contribution >= 0.6 is 11.3 Å². The highest BCUT2D eigenvalue weighted by atomic mass is 32.1. The number of fused-ring (bicyclic) bond motifs is 1. The molecular formula is C20H15N3O5S. The minimum absolute atomic E-state index is 0.284. The molecule has 0 fully saturated rings. The predicted molar refractivity (Wildman–Crippen MR) is 107 cm³/mol. The second-order valence-electron chi connectivity index (χ2n) is 5.90. The summed E-state index contributed by atoms with van der Waals surface area (Å²) in [4.78, 5) is 32.6. The molecule has 0 atom stereocenters. The molecule has 4 aromatic rings. The van der Waals surface area contributed by atoms with Gasteiger partial charge in [0.05, 0.1) is 18.4 Å². The lowest BCUT2D eigenvalue weighted by atomic mass is 10.1. The fraction of sp³-hybridized carbons (Fsp3) is 0.100. The Hall–Kier alpha value is -3.72. The Morgan fingerprint density at radius 2 is 2.07 bits per heavy atom. The predicted octanol–water partition coefficient (Wildman–Crippen LogP) is 3.76. The van der Waals surface area contributed by atoms with E-state index in [-0.39, 0.29) is 5.56 Å². The van der Waals surface area contributed by atoms with Crippen LogP contribution in [0.3, 0.4) is 0 Å². The Bertz CT molecular complexity index is 1180. The zero-order valence-corrected chi connectivity index (χ0v) is 16.1. The van der Waals surface area contributed by atoms with Crippen LogP contribution in [0, 0.1) is 0 Å². The van der Waals surface area contributed by atoms with Gasteiger partial charge in [0.2, 0.25) is 0 Å². The van der Waals surface area contributed by atoms with Crippen molar-refractivity contribution >= 4 is 39.4 Å². The molecule has 1 amide bonds. The average molecular weight is 409 g/mol. The highest BCUT2D eigenvalue weighted by Crippen LogP contribution is 2.31. The summed E-state index contributed by atoms with van der Waals surface area (Å²) in [7, 11) is 1.59. The van der Waals surface area contributed by atoms with Gasteiger partial charge in [0.15, 0.2) is 23.7 Å². The maximum Gasteiger partial charge on any atom is 0.338 e. The first-order valence-electron chi connectivity index (χ1n) is 8.53. The van der Waals surface area contributed by atoms with E-state index >= 15 is 0 Å². The van der Waals surface area contributed by atoms with Crippen LogP contribution in [-0.4, -0.2) is 35.6 Å². The van der Waals surface area contributed by atoms with E-state index in [4.69, 9.17) is 13.9 Å². The Labute approximate surface area is 169 Å². The van der Waals surface area contributed by atoms with Crippen molar-refractivity contribution in [1.29, 1.82) is 0 Å². The molecule has 0 aliphatic heterocycles. The quantitative estimate of drug-likeness (QED) is 0.484. The lowest BCUT2D eigenvalue weighted by molar-refractivity contribution is -0.119. The zero-order chi connectivity index (χ0) is 20.2. The summed E-state index contributed by atoms with van der Waals surface area (Å²) in [6.07, 6.45) is 1.29. The minimum atomic E-state index is -0.626. The fourth-order valence-electron chi connectivity index (χ4n) is 2.67. The Kier molecular flexibility index (Phi) is 5.21. The van der Waals surface area contributed by atoms with Crippen molar-refractivity contribution in [1.82, 2.24) is 9.97 Å². The van der Waals surface area contributed by atoms with Gasteiger partial charge in [0.25, 0.3) is 5.91 Å². The third kappa shape index (κ3) is 4.09. The van der Waals surface area contributed by atoms with Crippen LogP contribution in [0.4, 0.5) is 5.13 Å². The molecule has 146 valence electrons. The Balaban J connectivity index is 1.36. The lowest BCUT2D eigenvalue weighted by Gasteiger charge is -2.05. The number of methoxy groups -OCH3 is 1. The molecule has 2 aromatic heterocycles. The summed E-state index contributed by atoms with van der Waals surface area (Å²) in [5.41, 5.74) is 2.89. The van der Waals surface area contributed by atoms with Gasteiger partial charge in [0.1, 0.15) is 11.3 Å². The van der Waals surface area contributed by atoms with Gasteiger partial charge in [-0.2, -0.15) is 0 Å². The number of amides is 1. The second kappa shape index (κ2) is 8.11. The monoisotopic (exact) mass is 409 g/mol. The number of nitrogens with zero attached hydrogens (tertiary/aromatic N) is 2. The topological polar surface area (TPSA) is 104 Å². The van der Waals surface area contributed by atoms with E-state index in [1.54, 1.807) is 25.3 Å². The number of nitrogens with one attached hydrogen (secondary N) is 1. The fourth-order valence-corrected chi connectivity index (χ4v) is 3.39. The summed E-state index contributed by atoms with van der Waals surface area (Å²) in [5.74, 6) is -0.422. The molecule has 0 saturated carbocycles. The summed E-state index contributed by atoms with van der Waals surface area (Å²) >= 11 is 1.27. The van der Waals surface area contributed by atoms with Gasteiger partial charge in [-0.25, -0.2) is 14.8 Å². The normalized spacial score (nSPS) is 10.7. The van der Waals surface area contributed by atoms with Crippen molar-refractivity contribution in [2.75, 3.05) is 19.0 Å². The number of ether oxygens (including phenoxy) is 2. The number of aromatic nitrogens is 2. The molecule has 0 unspecified atom stereocenters. The highest BCUT2D eigenvalue weighted by Gasteiger charge is 2.14. The molecule has 9 heteroatoms. The van der Waals surface area contributed by atoms with Gasteiger partial charge < -0.3 is 13.9 Å². The number of para-hydroxylation sites is 1. The van der Waals surface area contributed by atoms with Crippen LogP contribution in [0.1, 0.15) is 10.4 Å². The molecule has 1 N–H and O–H groups in total. The van der Waals surface area contributed by atoms with Crippen LogP contribution in [0.25, 0.3) is 22.4 Å². The standard InChI is InChI=1S/C20H15N3O5S/c1-26-16-5-3-2-4-13(16)15-10-29-20(22-15)23-18(24)9-27-19(25)12-6-7-17-14(8-12)21-11-28-17/h2-8,10-11H,9H2,1H3,(H,22,23,24). The summed E-state index contributed by atoms with van der Waals surface area (Å²) in [6.45, 7) is -0.431. The van der Waals surface area contributed by atoms with Crippen molar-refractivity contribution in [2.45, 2.75) is 0 Å². The van der Waals surface area contributed by atoms with E-state index in [1.165, 1.54) is 17.7 Å². The van der Waals surface area contributed by atoms with Crippen molar-refractivity contribution in [3.63, 3.8) is 0 Å². The third-order valence-corrected chi connectivity index (χ3v) is 4.79. The van der Waals surface area contributed by atoms with Crippen molar-refractivity contribution < 1.29 is 23.5 Å². The van der Waals surface area contributed by atoms with Crippen LogP contribution in [0.5, 0.6) is 5.75 Å². The van der Waals surface area contributed by atoms with Gasteiger partial charge in [-0.05, 0) is 30.3 Å². The zero-order valence-electron chi connectivity index (χ0n) is 15.2. The lowest BCUT2D eigenvalue weighted by Crippen LogP contribution is -2.20. The largest absolute Gasteiger partial charge is 0.496 e. The van der Waals surface area contributed by atoms with E-state index in [9.17, 15) is 9.59 Å². The number of oxazole rings is 1. The number of benzene rings is 2. The maximum atomic E-state index is 12.1. The summed E-state index contributed by atoms with van der Waals surface area (Å²) in [5, 5.41) is 4.84. The molecule has 0 bridgehead atoms. The molecule has 29 heavy (non-hydrogen) atoms. The molecule has 0 aliphatic rings. The van der Waals surface area contributed by atoms with E-state index < -0.39 is 18.5 Å². The molecule has 0 spiro atoms. The van der Waals surface area contributed by atoms with Crippen LogP contribution in [0.2, 0.25) is 0 Å². The molecular weight excluding hydrogens is 394 g/mol. The highest BCUT2D eigenvalue weighted by molar-refractivity contribution is 7.14. The van der Waals surface area contributed by atoms with Crippen LogP contribution < -0.4 is 10.1 Å². The van der Waals surface area contributed by atoms with Gasteiger partial charge in [-0.3, -0.25) is 10.1 Å². The molecule has 2 aromatic carbocycles. The summed E-state index contributed by atoms with van der Waals surface area (Å²) < 4.78 is 15.5. The van der Waals surface area contributed by atoms with Crippen LogP contribution in [0.15, 0.2) is 58.7 Å². The Morgan fingerprint density at radius 3 is 2.93 bits per heavy atom. The number of esters is 1. The first-order valence-corrected chi connectivity index (χ1v) is 9.41.